The minimum absolute atomic E-state index is 0.198. The largest absolute Gasteiger partial charge is 0.486 e. The van der Waals surface area contributed by atoms with Crippen LogP contribution in [0.25, 0.3) is 0 Å². The van der Waals surface area contributed by atoms with Crippen LogP contribution < -0.4 is 15.4 Å². The van der Waals surface area contributed by atoms with Gasteiger partial charge in [0.05, 0.1) is 11.8 Å². The molecule has 0 radical (unpaired) electrons. The van der Waals surface area contributed by atoms with E-state index < -0.39 is 6.10 Å². The number of hydrogen-bond acceptors (Lipinski definition) is 8. The van der Waals surface area contributed by atoms with Crippen molar-refractivity contribution in [3.63, 3.8) is 0 Å². The predicted molar refractivity (Wildman–Crippen MR) is 144 cm³/mol. The van der Waals surface area contributed by atoms with E-state index in [4.69, 9.17) is 9.15 Å². The zero-order valence-electron chi connectivity index (χ0n) is 22.0. The van der Waals surface area contributed by atoms with Crippen molar-refractivity contribution in [3.05, 3.63) is 71.1 Å². The number of nitrogens with one attached hydrogen (secondary N) is 2. The summed E-state index contributed by atoms with van der Waals surface area (Å²) in [6, 6.07) is 10.1. The molecule has 1 saturated carbocycles. The third-order valence-corrected chi connectivity index (χ3v) is 7.43. The van der Waals surface area contributed by atoms with Gasteiger partial charge in [0, 0.05) is 44.0 Å². The lowest BCUT2D eigenvalue weighted by atomic mass is 9.95. The minimum Gasteiger partial charge on any atom is -0.486 e. The van der Waals surface area contributed by atoms with Crippen molar-refractivity contribution in [2.75, 3.05) is 25.0 Å². The number of nitrogens with zero attached hydrogens (tertiary/aromatic N) is 3. The van der Waals surface area contributed by atoms with Gasteiger partial charge in [0.2, 0.25) is 0 Å². The van der Waals surface area contributed by atoms with Gasteiger partial charge in [0.1, 0.15) is 18.2 Å². The summed E-state index contributed by atoms with van der Waals surface area (Å²) >= 11 is 0. The second-order valence-corrected chi connectivity index (χ2v) is 10.3. The molecule has 0 spiro atoms. The zero-order chi connectivity index (χ0) is 26.3. The van der Waals surface area contributed by atoms with Crippen LogP contribution in [0.2, 0.25) is 0 Å². The van der Waals surface area contributed by atoms with Gasteiger partial charge in [-0.15, -0.1) is 0 Å². The van der Waals surface area contributed by atoms with Crippen LogP contribution in [0.1, 0.15) is 65.0 Å². The zero-order valence-corrected chi connectivity index (χ0v) is 22.0. The van der Waals surface area contributed by atoms with Crippen molar-refractivity contribution in [1.82, 2.24) is 20.2 Å². The number of β-amino-alcohol motifs (C(OH)–C–C–N with tert-alkyl or cyclic N) is 1. The van der Waals surface area contributed by atoms with E-state index in [1.807, 2.05) is 13.0 Å². The fourth-order valence-corrected chi connectivity index (χ4v) is 5.23. The average molecular weight is 520 g/mol. The number of aliphatic hydroxyl groups is 1. The Morgan fingerprint density at radius 3 is 2.87 bits per heavy atom. The van der Waals surface area contributed by atoms with Crippen LogP contribution in [-0.2, 0) is 19.6 Å². The highest BCUT2D eigenvalue weighted by atomic mass is 16.5. The molecule has 0 bridgehead atoms. The topological polar surface area (TPSA) is 113 Å². The average Bonchev–Trinajstić information content (AvgIpc) is 3.35. The Morgan fingerprint density at radius 2 is 2.05 bits per heavy atom. The third kappa shape index (κ3) is 6.90. The number of aryl methyl sites for hydroxylation is 1. The molecule has 1 amide bonds. The van der Waals surface area contributed by atoms with Crippen molar-refractivity contribution in [1.29, 1.82) is 0 Å². The number of hydrogen-bond donors (Lipinski definition) is 3. The lowest BCUT2D eigenvalue weighted by molar-refractivity contribution is 0.0841. The Bertz CT molecular complexity index is 1220. The number of oxazole rings is 1. The van der Waals surface area contributed by atoms with Crippen molar-refractivity contribution in [2.24, 2.45) is 0 Å². The first-order valence-corrected chi connectivity index (χ1v) is 13.6. The number of benzene rings is 1. The monoisotopic (exact) mass is 519 g/mol. The van der Waals surface area contributed by atoms with E-state index >= 15 is 0 Å². The summed E-state index contributed by atoms with van der Waals surface area (Å²) in [6.45, 7) is 4.53. The third-order valence-electron chi connectivity index (χ3n) is 7.43. The van der Waals surface area contributed by atoms with E-state index in [-0.39, 0.29) is 12.5 Å². The molecule has 1 aliphatic carbocycles. The Labute approximate surface area is 223 Å². The molecule has 2 aromatic heterocycles. The van der Waals surface area contributed by atoms with E-state index in [1.54, 1.807) is 18.3 Å². The second-order valence-electron chi connectivity index (χ2n) is 10.3. The summed E-state index contributed by atoms with van der Waals surface area (Å²) in [6.07, 6.45) is 9.36. The molecular formula is C29H37N5O4. The first-order valence-electron chi connectivity index (χ1n) is 13.6. The number of aliphatic hydroxyl groups excluding tert-OH is 1. The van der Waals surface area contributed by atoms with Gasteiger partial charge in [0.25, 0.3) is 5.91 Å². The standard InChI is InChI=1S/C29H37N5O4/c1-20-27(38-19-32-20)18-37-26-8-7-23-16-34(12-10-21(23)13-26)17-25(35)15-31-29(36)22-9-11-30-28(14-22)33-24-5-3-2-4-6-24/h7-9,11,13-14,19,24-25,35H,2-6,10,12,15-18H2,1H3,(H,30,33)(H,31,36)/t25-/m0/s1. The summed E-state index contributed by atoms with van der Waals surface area (Å²) in [7, 11) is 0. The number of aromatic nitrogens is 2. The van der Waals surface area contributed by atoms with Crippen LogP contribution in [0.3, 0.4) is 0 Å². The van der Waals surface area contributed by atoms with Gasteiger partial charge in [-0.2, -0.15) is 0 Å². The molecule has 1 atom stereocenters. The Balaban J connectivity index is 1.07. The summed E-state index contributed by atoms with van der Waals surface area (Å²) in [4.78, 5) is 23.4. The molecule has 3 aromatic rings. The maximum absolute atomic E-state index is 12.7. The van der Waals surface area contributed by atoms with Gasteiger partial charge in [-0.3, -0.25) is 9.69 Å². The molecule has 202 valence electrons. The van der Waals surface area contributed by atoms with Crippen LogP contribution in [-0.4, -0.2) is 57.7 Å². The number of ether oxygens (including phenoxy) is 1. The maximum Gasteiger partial charge on any atom is 0.251 e. The van der Waals surface area contributed by atoms with Crippen molar-refractivity contribution >= 4 is 11.7 Å². The SMILES string of the molecule is Cc1ncoc1COc1ccc2c(c1)CCN(C[C@@H](O)CNC(=O)c1ccnc(NC3CCCCC3)c1)C2. The molecule has 1 aromatic carbocycles. The highest BCUT2D eigenvalue weighted by Gasteiger charge is 2.20. The van der Waals surface area contributed by atoms with E-state index in [0.29, 0.717) is 24.8 Å². The van der Waals surface area contributed by atoms with E-state index in [1.165, 1.54) is 36.8 Å². The van der Waals surface area contributed by atoms with Gasteiger partial charge in [-0.1, -0.05) is 25.3 Å². The summed E-state index contributed by atoms with van der Waals surface area (Å²) in [5.41, 5.74) is 3.87. The van der Waals surface area contributed by atoms with Gasteiger partial charge in [-0.25, -0.2) is 9.97 Å². The molecule has 1 aliphatic heterocycles. The highest BCUT2D eigenvalue weighted by molar-refractivity contribution is 5.94. The van der Waals surface area contributed by atoms with E-state index in [2.05, 4.69) is 37.6 Å². The number of carbonyl (C=O) groups excluding carboxylic acids is 1. The molecule has 3 heterocycles. The number of anilines is 1. The fourth-order valence-electron chi connectivity index (χ4n) is 5.23. The molecule has 0 unspecified atom stereocenters. The lowest BCUT2D eigenvalue weighted by Crippen LogP contribution is -2.42. The molecule has 2 aliphatic rings. The van der Waals surface area contributed by atoms with Crippen LogP contribution in [0.4, 0.5) is 5.82 Å². The smallest absolute Gasteiger partial charge is 0.251 e. The summed E-state index contributed by atoms with van der Waals surface area (Å²) < 4.78 is 11.2. The van der Waals surface area contributed by atoms with E-state index in [9.17, 15) is 9.90 Å². The van der Waals surface area contributed by atoms with Gasteiger partial charge < -0.3 is 24.9 Å². The maximum atomic E-state index is 12.7. The van der Waals surface area contributed by atoms with Crippen molar-refractivity contribution in [2.45, 2.75) is 70.7 Å². The van der Waals surface area contributed by atoms with Crippen LogP contribution in [0.5, 0.6) is 5.75 Å². The number of carbonyl (C=O) groups is 1. The van der Waals surface area contributed by atoms with E-state index in [0.717, 1.165) is 55.4 Å². The number of amides is 1. The Hall–Kier alpha value is -3.43. The molecule has 0 saturated heterocycles. The quantitative estimate of drug-likeness (QED) is 0.370. The van der Waals surface area contributed by atoms with Crippen molar-refractivity contribution in [3.8, 4) is 5.75 Å². The number of fused-ring (bicyclic) bond motifs is 1. The van der Waals surface area contributed by atoms with Crippen LogP contribution >= 0.6 is 0 Å². The molecular weight excluding hydrogens is 482 g/mol. The van der Waals surface area contributed by atoms with Crippen LogP contribution in [0.15, 0.2) is 47.3 Å². The minimum atomic E-state index is -0.657. The Kier molecular flexibility index (Phi) is 8.55. The predicted octanol–water partition coefficient (Wildman–Crippen LogP) is 3.85. The fraction of sp³-hybridized carbons (Fsp3) is 0.483. The normalized spacial score (nSPS) is 17.0. The summed E-state index contributed by atoms with van der Waals surface area (Å²) in [5.74, 6) is 2.08. The van der Waals surface area contributed by atoms with Gasteiger partial charge in [-0.05, 0) is 61.6 Å². The first kappa shape index (κ1) is 26.2. The number of rotatable bonds is 10. The molecule has 38 heavy (non-hydrogen) atoms. The molecule has 9 nitrogen and oxygen atoms in total. The highest BCUT2D eigenvalue weighted by Crippen LogP contribution is 2.25. The molecule has 9 heteroatoms. The van der Waals surface area contributed by atoms with Crippen molar-refractivity contribution < 1.29 is 19.1 Å². The van der Waals surface area contributed by atoms with Crippen LogP contribution in [0, 0.1) is 6.92 Å². The van der Waals surface area contributed by atoms with Gasteiger partial charge >= 0.3 is 0 Å². The molecule has 3 N–H and O–H groups in total. The molecule has 5 rings (SSSR count). The summed E-state index contributed by atoms with van der Waals surface area (Å²) in [5, 5.41) is 17.0. The second kappa shape index (κ2) is 12.4. The Morgan fingerprint density at radius 1 is 1.18 bits per heavy atom. The van der Waals surface area contributed by atoms with Gasteiger partial charge in [0.15, 0.2) is 12.2 Å². The first-order chi connectivity index (χ1) is 18.5. The lowest BCUT2D eigenvalue weighted by Gasteiger charge is -2.30. The molecule has 1 fully saturated rings. The number of pyridine rings is 1.